The average Bonchev–Trinajstić information content (AvgIpc) is 3.14. The molecule has 0 aromatic heterocycles. The molecule has 1 saturated heterocycles. The molecular weight excluding hydrogens is 346 g/mol. The highest BCUT2D eigenvalue weighted by Crippen LogP contribution is 2.64. The molecule has 2 saturated carbocycles. The fourth-order valence-electron chi connectivity index (χ4n) is 4.98. The highest BCUT2D eigenvalue weighted by molar-refractivity contribution is 7.99. The zero-order valence-corrected chi connectivity index (χ0v) is 16.5. The predicted octanol–water partition coefficient (Wildman–Crippen LogP) is 2.07. The van der Waals surface area contributed by atoms with Crippen molar-refractivity contribution >= 4 is 27.6 Å². The van der Waals surface area contributed by atoms with E-state index in [1.54, 1.807) is 7.11 Å². The van der Waals surface area contributed by atoms with Gasteiger partial charge in [-0.1, -0.05) is 13.8 Å². The Kier molecular flexibility index (Phi) is 5.10. The minimum atomic E-state index is -3.51. The molecule has 5 nitrogen and oxygen atoms in total. The molecule has 0 aromatic carbocycles. The van der Waals surface area contributed by atoms with Crippen LogP contribution in [0, 0.1) is 22.7 Å². The first-order valence-electron chi connectivity index (χ1n) is 8.83. The number of methoxy groups -OCH3 is 1. The lowest BCUT2D eigenvalue weighted by molar-refractivity contribution is -0.128. The fourth-order valence-corrected chi connectivity index (χ4v) is 8.15. The summed E-state index contributed by atoms with van der Waals surface area (Å²) in [4.78, 5) is 12.5. The van der Waals surface area contributed by atoms with E-state index in [2.05, 4.69) is 18.6 Å². The van der Waals surface area contributed by atoms with E-state index in [9.17, 15) is 13.2 Å². The van der Waals surface area contributed by atoms with Crippen molar-refractivity contribution in [2.24, 2.45) is 22.7 Å². The first-order chi connectivity index (χ1) is 11.2. The Morgan fingerprint density at radius 1 is 1.38 bits per heavy atom. The predicted molar refractivity (Wildman–Crippen MR) is 96.6 cm³/mol. The number of Topliss-reactive ketones (excluding diaryl/α,β-unsaturated/α-hetero) is 1. The van der Waals surface area contributed by atoms with E-state index < -0.39 is 15.4 Å². The van der Waals surface area contributed by atoms with Crippen LogP contribution < -0.4 is 4.72 Å². The van der Waals surface area contributed by atoms with Gasteiger partial charge in [0.2, 0.25) is 10.0 Å². The molecule has 0 radical (unpaired) electrons. The van der Waals surface area contributed by atoms with E-state index in [-0.39, 0.29) is 23.1 Å². The number of hydrogen-bond acceptors (Lipinski definition) is 5. The largest absolute Gasteiger partial charge is 0.380 e. The number of ether oxygens (including phenoxy) is 1. The summed E-state index contributed by atoms with van der Waals surface area (Å²) >= 11 is 1.89. The van der Waals surface area contributed by atoms with Gasteiger partial charge in [0.05, 0.1) is 11.9 Å². The summed E-state index contributed by atoms with van der Waals surface area (Å²) < 4.78 is 33.7. The van der Waals surface area contributed by atoms with Gasteiger partial charge in [-0.15, -0.1) is 0 Å². The minimum absolute atomic E-state index is 0.0712. The summed E-state index contributed by atoms with van der Waals surface area (Å²) in [7, 11) is -1.86. The molecule has 138 valence electrons. The number of ketones is 1. The molecule has 3 rings (SSSR count). The smallest absolute Gasteiger partial charge is 0.212 e. The number of carbonyl (C=O) groups excluding carboxylic acids is 1. The molecule has 2 aliphatic carbocycles. The van der Waals surface area contributed by atoms with Crippen molar-refractivity contribution in [3.05, 3.63) is 0 Å². The Morgan fingerprint density at radius 3 is 2.62 bits per heavy atom. The van der Waals surface area contributed by atoms with Gasteiger partial charge in [0.15, 0.2) is 0 Å². The lowest BCUT2D eigenvalue weighted by atomic mass is 9.70. The maximum Gasteiger partial charge on any atom is 0.212 e. The Bertz CT molecular complexity index is 598. The Balaban J connectivity index is 1.66. The number of hydrogen-bond donors (Lipinski definition) is 1. The number of nitrogens with one attached hydrogen (secondary N) is 1. The first-order valence-corrected chi connectivity index (χ1v) is 11.6. The summed E-state index contributed by atoms with van der Waals surface area (Å²) in [5, 5.41) is 0. The van der Waals surface area contributed by atoms with Crippen LogP contribution in [0.4, 0.5) is 0 Å². The number of sulfonamides is 1. The topological polar surface area (TPSA) is 72.5 Å². The van der Waals surface area contributed by atoms with Crippen molar-refractivity contribution in [1.82, 2.24) is 4.72 Å². The van der Waals surface area contributed by atoms with Crippen LogP contribution in [0.2, 0.25) is 0 Å². The third-order valence-electron chi connectivity index (χ3n) is 6.87. The van der Waals surface area contributed by atoms with Crippen LogP contribution in [-0.4, -0.2) is 51.2 Å². The minimum Gasteiger partial charge on any atom is -0.380 e. The molecule has 0 aromatic rings. The Morgan fingerprint density at radius 2 is 2.12 bits per heavy atom. The molecule has 24 heavy (non-hydrogen) atoms. The van der Waals surface area contributed by atoms with Crippen LogP contribution in [0.1, 0.15) is 39.5 Å². The molecular formula is C17H29NO4S2. The molecule has 0 amide bonds. The van der Waals surface area contributed by atoms with E-state index >= 15 is 0 Å². The van der Waals surface area contributed by atoms with E-state index in [0.29, 0.717) is 31.2 Å². The molecule has 2 bridgehead atoms. The Hall–Kier alpha value is -0.110. The first kappa shape index (κ1) is 18.7. The van der Waals surface area contributed by atoms with Crippen molar-refractivity contribution in [2.45, 2.75) is 45.6 Å². The number of fused-ring (bicyclic) bond motifs is 2. The van der Waals surface area contributed by atoms with Gasteiger partial charge >= 0.3 is 0 Å². The van der Waals surface area contributed by atoms with Crippen LogP contribution in [0.15, 0.2) is 0 Å². The Labute approximate surface area is 149 Å². The highest BCUT2D eigenvalue weighted by Gasteiger charge is 2.65. The molecule has 1 heterocycles. The summed E-state index contributed by atoms with van der Waals surface area (Å²) in [6.07, 6.45) is 3.20. The monoisotopic (exact) mass is 375 g/mol. The number of rotatable bonds is 7. The number of carbonyl (C=O) groups is 1. The van der Waals surface area contributed by atoms with Gasteiger partial charge in [0.1, 0.15) is 5.78 Å². The van der Waals surface area contributed by atoms with E-state index in [4.69, 9.17) is 4.74 Å². The summed E-state index contributed by atoms with van der Waals surface area (Å²) in [5.41, 5.74) is -0.920. The van der Waals surface area contributed by atoms with Gasteiger partial charge in [-0.05, 0) is 48.0 Å². The molecule has 0 spiro atoms. The molecule has 1 N–H and O–H groups in total. The second kappa shape index (κ2) is 6.56. The normalized spacial score (nSPS) is 36.4. The van der Waals surface area contributed by atoms with Crippen LogP contribution in [0.25, 0.3) is 0 Å². The third kappa shape index (κ3) is 3.06. The van der Waals surface area contributed by atoms with Crippen molar-refractivity contribution in [1.29, 1.82) is 0 Å². The quantitative estimate of drug-likeness (QED) is 0.737. The van der Waals surface area contributed by atoms with E-state index in [1.165, 1.54) is 0 Å². The maximum absolute atomic E-state index is 12.7. The molecule has 3 fully saturated rings. The molecule has 7 heteroatoms. The second-order valence-corrected chi connectivity index (χ2v) is 11.1. The molecule has 4 atom stereocenters. The maximum atomic E-state index is 12.7. The van der Waals surface area contributed by atoms with Crippen LogP contribution in [0.3, 0.4) is 0 Å². The lowest BCUT2D eigenvalue weighted by Crippen LogP contribution is -2.47. The third-order valence-corrected chi connectivity index (χ3v) is 9.54. The van der Waals surface area contributed by atoms with Crippen molar-refractivity contribution in [3.8, 4) is 0 Å². The van der Waals surface area contributed by atoms with Crippen LogP contribution in [0.5, 0.6) is 0 Å². The zero-order valence-electron chi connectivity index (χ0n) is 14.8. The molecule has 3 aliphatic rings. The van der Waals surface area contributed by atoms with Gasteiger partial charge in [-0.2, -0.15) is 11.8 Å². The van der Waals surface area contributed by atoms with E-state index in [0.717, 1.165) is 24.3 Å². The lowest BCUT2D eigenvalue weighted by Gasteiger charge is -2.36. The second-order valence-electron chi connectivity index (χ2n) is 8.17. The average molecular weight is 376 g/mol. The van der Waals surface area contributed by atoms with Gasteiger partial charge in [0, 0.05) is 25.5 Å². The highest BCUT2D eigenvalue weighted by atomic mass is 32.2. The summed E-state index contributed by atoms with van der Waals surface area (Å²) in [5.74, 6) is 2.95. The SMILES string of the molecule is COC(CNS(=O)(=O)CC12CCC(CC1=O)C2(C)C)C1CCSC1. The molecule has 1 aliphatic heterocycles. The van der Waals surface area contributed by atoms with Crippen molar-refractivity contribution < 1.29 is 17.9 Å². The summed E-state index contributed by atoms with van der Waals surface area (Å²) in [6.45, 7) is 4.44. The van der Waals surface area contributed by atoms with Crippen LogP contribution in [-0.2, 0) is 19.6 Å². The van der Waals surface area contributed by atoms with Gasteiger partial charge < -0.3 is 4.74 Å². The zero-order chi connectivity index (χ0) is 17.6. The van der Waals surface area contributed by atoms with E-state index in [1.807, 2.05) is 11.8 Å². The van der Waals surface area contributed by atoms with Crippen molar-refractivity contribution in [2.75, 3.05) is 30.9 Å². The van der Waals surface area contributed by atoms with Crippen LogP contribution >= 0.6 is 11.8 Å². The van der Waals surface area contributed by atoms with Gasteiger partial charge in [-0.25, -0.2) is 13.1 Å². The van der Waals surface area contributed by atoms with Gasteiger partial charge in [0.25, 0.3) is 0 Å². The summed E-state index contributed by atoms with van der Waals surface area (Å²) in [6, 6.07) is 0. The standard InChI is InChI=1S/C17H29NO4S2/c1-16(2)13-4-6-17(16,15(19)8-13)11-24(20,21)18-9-14(22-3)12-5-7-23-10-12/h12-14,18H,4-11H2,1-3H3. The molecule has 4 unspecified atom stereocenters. The van der Waals surface area contributed by atoms with Crippen molar-refractivity contribution in [3.63, 3.8) is 0 Å². The van der Waals surface area contributed by atoms with Gasteiger partial charge in [-0.3, -0.25) is 4.79 Å². The number of thioether (sulfide) groups is 1. The fraction of sp³-hybridized carbons (Fsp3) is 0.941.